The third kappa shape index (κ3) is 2.99. The summed E-state index contributed by atoms with van der Waals surface area (Å²) in [4.78, 5) is 4.39. The summed E-state index contributed by atoms with van der Waals surface area (Å²) in [6, 6.07) is 6.98. The first-order valence-corrected chi connectivity index (χ1v) is 7.17. The topological polar surface area (TPSA) is 48.1 Å². The zero-order chi connectivity index (χ0) is 14.7. The molecule has 0 aliphatic heterocycles. The Morgan fingerprint density at radius 3 is 2.60 bits per heavy atom. The Hall–Kier alpha value is -1.46. The fraction of sp³-hybridized carbons (Fsp3) is 0.267. The van der Waals surface area contributed by atoms with Crippen LogP contribution in [0.15, 0.2) is 28.7 Å². The van der Waals surface area contributed by atoms with Crippen LogP contribution < -0.4 is 10.5 Å². The fourth-order valence-electron chi connectivity index (χ4n) is 1.87. The molecule has 0 bridgehead atoms. The van der Waals surface area contributed by atoms with Gasteiger partial charge in [0.25, 0.3) is 0 Å². The van der Waals surface area contributed by atoms with Crippen LogP contribution in [0.1, 0.15) is 23.9 Å². The van der Waals surface area contributed by atoms with Crippen LogP contribution >= 0.6 is 15.9 Å². The second kappa shape index (κ2) is 6.33. The summed E-state index contributed by atoms with van der Waals surface area (Å²) in [6.45, 7) is 4.17. The van der Waals surface area contributed by atoms with Crippen LogP contribution in [-0.4, -0.2) is 4.98 Å². The van der Waals surface area contributed by atoms with Gasteiger partial charge < -0.3 is 10.5 Å². The maximum atomic E-state index is 14.2. The number of rotatable bonds is 4. The SMILES string of the molecule is CCc1nc(C)ccc1Oc1ccc(CN)c(Br)c1F. The number of benzene rings is 1. The number of hydrogen-bond donors (Lipinski definition) is 1. The van der Waals surface area contributed by atoms with E-state index in [1.807, 2.05) is 26.0 Å². The van der Waals surface area contributed by atoms with Crippen LogP contribution in [0.4, 0.5) is 4.39 Å². The molecule has 2 N–H and O–H groups in total. The Labute approximate surface area is 126 Å². The van der Waals surface area contributed by atoms with Crippen molar-refractivity contribution in [3.63, 3.8) is 0 Å². The van der Waals surface area contributed by atoms with Crippen molar-refractivity contribution in [3.8, 4) is 11.5 Å². The molecule has 20 heavy (non-hydrogen) atoms. The lowest BCUT2D eigenvalue weighted by Crippen LogP contribution is -2.01. The molecule has 1 aromatic carbocycles. The molecular formula is C15H16BrFN2O. The van der Waals surface area contributed by atoms with E-state index < -0.39 is 5.82 Å². The average Bonchev–Trinajstić information content (AvgIpc) is 2.45. The number of nitrogens with zero attached hydrogens (tertiary/aromatic N) is 1. The number of aromatic nitrogens is 1. The minimum Gasteiger partial charge on any atom is -0.452 e. The van der Waals surface area contributed by atoms with E-state index in [9.17, 15) is 4.39 Å². The van der Waals surface area contributed by atoms with E-state index in [2.05, 4.69) is 20.9 Å². The number of nitrogens with two attached hydrogens (primary N) is 1. The minimum absolute atomic E-state index is 0.162. The summed E-state index contributed by atoms with van der Waals surface area (Å²) in [5.41, 5.74) is 7.96. The third-order valence-electron chi connectivity index (χ3n) is 2.97. The smallest absolute Gasteiger partial charge is 0.180 e. The number of pyridine rings is 1. The highest BCUT2D eigenvalue weighted by molar-refractivity contribution is 9.10. The zero-order valence-electron chi connectivity index (χ0n) is 11.4. The second-order valence-electron chi connectivity index (χ2n) is 4.41. The molecule has 3 nitrogen and oxygen atoms in total. The third-order valence-corrected chi connectivity index (χ3v) is 3.83. The van der Waals surface area contributed by atoms with Crippen LogP contribution in [0, 0.1) is 12.7 Å². The van der Waals surface area contributed by atoms with Gasteiger partial charge in [-0.3, -0.25) is 4.98 Å². The average molecular weight is 339 g/mol. The summed E-state index contributed by atoms with van der Waals surface area (Å²) in [5.74, 6) is 0.286. The van der Waals surface area contributed by atoms with Gasteiger partial charge in [-0.25, -0.2) is 4.39 Å². The van der Waals surface area contributed by atoms with Gasteiger partial charge in [-0.15, -0.1) is 0 Å². The molecular weight excluding hydrogens is 323 g/mol. The molecule has 1 aromatic heterocycles. The van der Waals surface area contributed by atoms with Crippen LogP contribution in [0.3, 0.4) is 0 Å². The van der Waals surface area contributed by atoms with Gasteiger partial charge >= 0.3 is 0 Å². The first-order chi connectivity index (χ1) is 9.56. The predicted octanol–water partition coefficient (Wildman–Crippen LogP) is 4.11. The molecule has 2 aromatic rings. The molecule has 0 spiro atoms. The van der Waals surface area contributed by atoms with Crippen molar-refractivity contribution in [1.29, 1.82) is 0 Å². The Kier molecular flexibility index (Phi) is 4.73. The van der Waals surface area contributed by atoms with Crippen LogP contribution in [0.25, 0.3) is 0 Å². The molecule has 0 amide bonds. The lowest BCUT2D eigenvalue weighted by atomic mass is 10.2. The molecule has 0 aliphatic rings. The van der Waals surface area contributed by atoms with Crippen molar-refractivity contribution in [1.82, 2.24) is 4.98 Å². The molecule has 0 saturated heterocycles. The van der Waals surface area contributed by atoms with Gasteiger partial charge in [0.15, 0.2) is 11.6 Å². The van der Waals surface area contributed by atoms with E-state index >= 15 is 0 Å². The van der Waals surface area contributed by atoms with Gasteiger partial charge in [0.05, 0.1) is 10.2 Å². The predicted molar refractivity (Wildman–Crippen MR) is 80.4 cm³/mol. The maximum Gasteiger partial charge on any atom is 0.180 e. The Morgan fingerprint density at radius 1 is 1.25 bits per heavy atom. The van der Waals surface area contributed by atoms with Crippen molar-refractivity contribution in [2.24, 2.45) is 5.73 Å². The molecule has 0 fully saturated rings. The maximum absolute atomic E-state index is 14.2. The van der Waals surface area contributed by atoms with Crippen molar-refractivity contribution in [2.45, 2.75) is 26.8 Å². The minimum atomic E-state index is -0.449. The van der Waals surface area contributed by atoms with Crippen LogP contribution in [-0.2, 0) is 13.0 Å². The summed E-state index contributed by atoms with van der Waals surface area (Å²) < 4.78 is 20.2. The molecule has 106 valence electrons. The van der Waals surface area contributed by atoms with E-state index in [1.165, 1.54) is 0 Å². The Balaban J connectivity index is 2.38. The largest absolute Gasteiger partial charge is 0.452 e. The molecule has 1 heterocycles. The standard InChI is InChI=1S/C15H16BrFN2O/c1-3-11-12(6-4-9(2)19-11)20-13-7-5-10(8-18)14(16)15(13)17/h4-7H,3,8,18H2,1-2H3. The van der Waals surface area contributed by atoms with Gasteiger partial charge in [0, 0.05) is 12.2 Å². The lowest BCUT2D eigenvalue weighted by molar-refractivity contribution is 0.433. The monoisotopic (exact) mass is 338 g/mol. The highest BCUT2D eigenvalue weighted by Gasteiger charge is 2.14. The molecule has 0 atom stereocenters. The number of hydrogen-bond acceptors (Lipinski definition) is 3. The van der Waals surface area contributed by atoms with Crippen molar-refractivity contribution in [3.05, 3.63) is 51.5 Å². The highest BCUT2D eigenvalue weighted by atomic mass is 79.9. The van der Waals surface area contributed by atoms with Crippen molar-refractivity contribution >= 4 is 15.9 Å². The second-order valence-corrected chi connectivity index (χ2v) is 5.20. The van der Waals surface area contributed by atoms with Gasteiger partial charge in [0.1, 0.15) is 5.75 Å². The molecule has 0 saturated carbocycles. The van der Waals surface area contributed by atoms with E-state index in [0.29, 0.717) is 15.8 Å². The Morgan fingerprint density at radius 2 is 1.95 bits per heavy atom. The Bertz CT molecular complexity index is 632. The first kappa shape index (κ1) is 14.9. The van der Waals surface area contributed by atoms with Crippen LogP contribution in [0.5, 0.6) is 11.5 Å². The van der Waals surface area contributed by atoms with Gasteiger partial charge in [-0.2, -0.15) is 0 Å². The molecule has 5 heteroatoms. The van der Waals surface area contributed by atoms with Crippen LogP contribution in [0.2, 0.25) is 0 Å². The van der Waals surface area contributed by atoms with Gasteiger partial charge in [0.2, 0.25) is 0 Å². The number of aryl methyl sites for hydroxylation is 2. The summed E-state index contributed by atoms with van der Waals surface area (Å²) >= 11 is 3.20. The molecule has 0 unspecified atom stereocenters. The summed E-state index contributed by atoms with van der Waals surface area (Å²) in [7, 11) is 0. The van der Waals surface area contributed by atoms with Gasteiger partial charge in [-0.05, 0) is 53.0 Å². The molecule has 0 radical (unpaired) electrons. The lowest BCUT2D eigenvalue weighted by Gasteiger charge is -2.12. The van der Waals surface area contributed by atoms with Gasteiger partial charge in [-0.1, -0.05) is 13.0 Å². The quantitative estimate of drug-likeness (QED) is 0.912. The molecule has 2 rings (SSSR count). The number of ether oxygens (including phenoxy) is 1. The highest BCUT2D eigenvalue weighted by Crippen LogP contribution is 2.32. The van der Waals surface area contributed by atoms with E-state index in [-0.39, 0.29) is 12.3 Å². The zero-order valence-corrected chi connectivity index (χ0v) is 13.0. The normalized spacial score (nSPS) is 10.7. The summed E-state index contributed by atoms with van der Waals surface area (Å²) in [6.07, 6.45) is 0.723. The van der Waals surface area contributed by atoms with Crippen molar-refractivity contribution in [2.75, 3.05) is 0 Å². The molecule has 0 aliphatic carbocycles. The first-order valence-electron chi connectivity index (χ1n) is 6.38. The summed E-state index contributed by atoms with van der Waals surface area (Å²) in [5, 5.41) is 0. The van der Waals surface area contributed by atoms with E-state index in [1.54, 1.807) is 12.1 Å². The van der Waals surface area contributed by atoms with Crippen molar-refractivity contribution < 1.29 is 9.13 Å². The van der Waals surface area contributed by atoms with E-state index in [4.69, 9.17) is 10.5 Å². The fourth-order valence-corrected chi connectivity index (χ4v) is 2.36. The number of halogens is 2. The van der Waals surface area contributed by atoms with E-state index in [0.717, 1.165) is 17.8 Å².